The van der Waals surface area contributed by atoms with Crippen LogP contribution in [0.2, 0.25) is 0 Å². The molecule has 0 saturated heterocycles. The van der Waals surface area contributed by atoms with E-state index in [1.165, 1.54) is 6.92 Å². The third-order valence-electron chi connectivity index (χ3n) is 5.04. The number of benzene rings is 1. The third-order valence-corrected chi connectivity index (χ3v) is 5.04. The van der Waals surface area contributed by atoms with E-state index in [0.717, 1.165) is 0 Å². The van der Waals surface area contributed by atoms with Crippen LogP contribution in [0.1, 0.15) is 31.7 Å². The van der Waals surface area contributed by atoms with Gasteiger partial charge in [-0.25, -0.2) is 4.79 Å². The Bertz CT molecular complexity index is 955. The number of carboxylic acids is 1. The second-order valence-electron chi connectivity index (χ2n) is 8.16. The molecule has 0 saturated carbocycles. The summed E-state index contributed by atoms with van der Waals surface area (Å²) in [5.41, 5.74) is 16.5. The Hall–Kier alpha value is -4.04. The molecular weight excluding hydrogens is 476 g/mol. The van der Waals surface area contributed by atoms with Crippen LogP contribution >= 0.6 is 0 Å². The summed E-state index contributed by atoms with van der Waals surface area (Å²) in [6, 6.07) is 2.68. The van der Waals surface area contributed by atoms with E-state index < -0.39 is 72.2 Å². The van der Waals surface area contributed by atoms with Crippen molar-refractivity contribution in [1.82, 2.24) is 16.0 Å². The van der Waals surface area contributed by atoms with E-state index in [0.29, 0.717) is 5.56 Å². The van der Waals surface area contributed by atoms with Gasteiger partial charge in [-0.2, -0.15) is 0 Å². The van der Waals surface area contributed by atoms with E-state index in [4.69, 9.17) is 17.2 Å². The molecule has 1 aromatic carbocycles. The average molecular weight is 509 g/mol. The summed E-state index contributed by atoms with van der Waals surface area (Å²) in [4.78, 5) is 72.0. The summed E-state index contributed by atoms with van der Waals surface area (Å²) in [6.07, 6.45) is -2.45. The Kier molecular flexibility index (Phi) is 12.0. The minimum atomic E-state index is -1.66. The van der Waals surface area contributed by atoms with Crippen LogP contribution in [0.3, 0.4) is 0 Å². The number of carboxylic acid groups (broad SMARTS) is 1. The van der Waals surface area contributed by atoms with Crippen molar-refractivity contribution in [2.75, 3.05) is 0 Å². The summed E-state index contributed by atoms with van der Waals surface area (Å²) in [5.74, 6) is -5.87. The van der Waals surface area contributed by atoms with Crippen molar-refractivity contribution in [1.29, 1.82) is 0 Å². The molecule has 11 N–H and O–H groups in total. The number of carbonyl (C=O) groups is 6. The second-order valence-corrected chi connectivity index (χ2v) is 8.16. The summed E-state index contributed by atoms with van der Waals surface area (Å²) in [6.45, 7) is 1.17. The smallest absolute Gasteiger partial charge is 0.328 e. The molecule has 14 heteroatoms. The molecule has 198 valence electrons. The third kappa shape index (κ3) is 10.5. The van der Waals surface area contributed by atoms with Crippen molar-refractivity contribution < 1.29 is 39.0 Å². The summed E-state index contributed by atoms with van der Waals surface area (Å²) in [7, 11) is 0. The Morgan fingerprint density at radius 2 is 1.42 bits per heavy atom. The van der Waals surface area contributed by atoms with Gasteiger partial charge in [0.15, 0.2) is 6.04 Å². The van der Waals surface area contributed by atoms with E-state index in [-0.39, 0.29) is 19.3 Å². The molecule has 0 heterocycles. The van der Waals surface area contributed by atoms with Crippen molar-refractivity contribution in [3.63, 3.8) is 0 Å². The fourth-order valence-electron chi connectivity index (χ4n) is 3.09. The van der Waals surface area contributed by atoms with Gasteiger partial charge in [0.25, 0.3) is 0 Å². The minimum absolute atomic E-state index is 0.0834. The zero-order chi connectivity index (χ0) is 27.4. The van der Waals surface area contributed by atoms with Gasteiger partial charge in [-0.05, 0) is 18.9 Å². The first-order valence-electron chi connectivity index (χ1n) is 11.0. The number of aliphatic carboxylic acids is 1. The molecule has 5 atom stereocenters. The first kappa shape index (κ1) is 30.0. The minimum Gasteiger partial charge on any atom is -0.480 e. The number of nitrogens with two attached hydrogens (primary N) is 3. The molecule has 14 nitrogen and oxygen atoms in total. The molecule has 0 aromatic heterocycles. The van der Waals surface area contributed by atoms with Crippen molar-refractivity contribution in [3.8, 4) is 0 Å². The van der Waals surface area contributed by atoms with E-state index in [9.17, 15) is 39.0 Å². The Labute approximate surface area is 206 Å². The molecule has 5 amide bonds. The van der Waals surface area contributed by atoms with Gasteiger partial charge in [0.1, 0.15) is 12.1 Å². The van der Waals surface area contributed by atoms with E-state index in [1.807, 2.05) is 0 Å². The van der Waals surface area contributed by atoms with Crippen LogP contribution in [-0.4, -0.2) is 76.0 Å². The van der Waals surface area contributed by atoms with Gasteiger partial charge in [-0.15, -0.1) is 0 Å². The number of rotatable bonds is 15. The Morgan fingerprint density at radius 3 is 1.92 bits per heavy atom. The number of nitrogens with one attached hydrogen (secondary N) is 3. The molecular formula is C22H32N6O8. The number of aliphatic hydroxyl groups excluding tert-OH is 1. The lowest BCUT2D eigenvalue weighted by Gasteiger charge is -2.25. The molecule has 5 unspecified atom stereocenters. The topological polar surface area (TPSA) is 257 Å². The van der Waals surface area contributed by atoms with Crippen LogP contribution in [-0.2, 0) is 35.2 Å². The van der Waals surface area contributed by atoms with Crippen LogP contribution in [0.4, 0.5) is 0 Å². The largest absolute Gasteiger partial charge is 0.480 e. The Balaban J connectivity index is 3.10. The lowest BCUT2D eigenvalue weighted by Crippen LogP contribution is -2.59. The fraction of sp³-hybridized carbons (Fsp3) is 0.455. The molecule has 0 aliphatic carbocycles. The van der Waals surface area contributed by atoms with Gasteiger partial charge in [0.2, 0.25) is 29.5 Å². The molecule has 0 radical (unpaired) electrons. The zero-order valence-electron chi connectivity index (χ0n) is 19.7. The molecule has 0 bridgehead atoms. The predicted molar refractivity (Wildman–Crippen MR) is 125 cm³/mol. The SMILES string of the molecule is CC(O)C(NC(=O)C(Cc1ccccc1)NC(=O)C(CC(N)=O)NC(=O)C(N)CCC(N)=O)C(=O)O. The lowest BCUT2D eigenvalue weighted by molar-refractivity contribution is -0.145. The maximum absolute atomic E-state index is 13.0. The van der Waals surface area contributed by atoms with Crippen LogP contribution in [0.25, 0.3) is 0 Å². The standard InChI is InChI=1S/C22H32N6O8/c1-11(29)18(22(35)36)28-21(34)14(9-12-5-3-2-4-6-12)27-20(33)15(10-17(25)31)26-19(32)13(23)7-8-16(24)30/h2-6,11,13-15,18,29H,7-10,23H2,1H3,(H2,24,30)(H2,25,31)(H,26,32)(H,27,33)(H,28,34)(H,35,36). The summed E-state index contributed by atoms with van der Waals surface area (Å²) in [5, 5.41) is 25.7. The van der Waals surface area contributed by atoms with Crippen molar-refractivity contribution >= 4 is 35.5 Å². The van der Waals surface area contributed by atoms with Crippen LogP contribution in [0.5, 0.6) is 0 Å². The van der Waals surface area contributed by atoms with Crippen LogP contribution in [0, 0.1) is 0 Å². The van der Waals surface area contributed by atoms with Gasteiger partial charge in [-0.1, -0.05) is 30.3 Å². The van der Waals surface area contributed by atoms with Crippen molar-refractivity contribution in [2.24, 2.45) is 17.2 Å². The molecule has 36 heavy (non-hydrogen) atoms. The van der Waals surface area contributed by atoms with Gasteiger partial charge in [-0.3, -0.25) is 24.0 Å². The number of aliphatic hydroxyl groups is 1. The monoisotopic (exact) mass is 508 g/mol. The molecule has 1 rings (SSSR count). The van der Waals surface area contributed by atoms with Crippen molar-refractivity contribution in [3.05, 3.63) is 35.9 Å². The van der Waals surface area contributed by atoms with Gasteiger partial charge in [0, 0.05) is 12.8 Å². The normalized spacial score (nSPS) is 14.9. The molecule has 0 aliphatic heterocycles. The van der Waals surface area contributed by atoms with Gasteiger partial charge >= 0.3 is 5.97 Å². The maximum Gasteiger partial charge on any atom is 0.328 e. The number of primary amides is 2. The zero-order valence-corrected chi connectivity index (χ0v) is 19.7. The number of amides is 5. The first-order chi connectivity index (χ1) is 16.8. The second kappa shape index (κ2) is 14.4. The molecule has 0 fully saturated rings. The number of hydrogen-bond acceptors (Lipinski definition) is 8. The van der Waals surface area contributed by atoms with Crippen LogP contribution in [0.15, 0.2) is 30.3 Å². The Morgan fingerprint density at radius 1 is 0.861 bits per heavy atom. The first-order valence-corrected chi connectivity index (χ1v) is 11.0. The highest BCUT2D eigenvalue weighted by molar-refractivity contribution is 5.96. The van der Waals surface area contributed by atoms with Crippen LogP contribution < -0.4 is 33.2 Å². The predicted octanol–water partition coefficient (Wildman–Crippen LogP) is -3.38. The average Bonchev–Trinajstić information content (AvgIpc) is 2.79. The van der Waals surface area contributed by atoms with Gasteiger partial charge in [0.05, 0.1) is 18.6 Å². The van der Waals surface area contributed by atoms with E-state index in [2.05, 4.69) is 16.0 Å². The highest BCUT2D eigenvalue weighted by atomic mass is 16.4. The quantitative estimate of drug-likeness (QED) is 0.117. The molecule has 0 spiro atoms. The highest BCUT2D eigenvalue weighted by Gasteiger charge is 2.32. The maximum atomic E-state index is 13.0. The summed E-state index contributed by atoms with van der Waals surface area (Å²) < 4.78 is 0. The van der Waals surface area contributed by atoms with Gasteiger partial charge < -0.3 is 43.4 Å². The van der Waals surface area contributed by atoms with E-state index >= 15 is 0 Å². The number of hydrogen-bond donors (Lipinski definition) is 8. The lowest BCUT2D eigenvalue weighted by atomic mass is 10.0. The highest BCUT2D eigenvalue weighted by Crippen LogP contribution is 2.06. The number of carbonyl (C=O) groups excluding carboxylic acids is 5. The fourth-order valence-corrected chi connectivity index (χ4v) is 3.09. The molecule has 1 aromatic rings. The molecule has 0 aliphatic rings. The summed E-state index contributed by atoms with van der Waals surface area (Å²) >= 11 is 0. The van der Waals surface area contributed by atoms with E-state index in [1.54, 1.807) is 30.3 Å². The van der Waals surface area contributed by atoms with Crippen molar-refractivity contribution in [2.45, 2.75) is 62.9 Å².